The van der Waals surface area contributed by atoms with Crippen LogP contribution in [0.3, 0.4) is 0 Å². The Labute approximate surface area is 133 Å². The fraction of sp³-hybridized carbons (Fsp3) is 0.375. The second-order valence-corrected chi connectivity index (χ2v) is 5.60. The van der Waals surface area contributed by atoms with E-state index in [2.05, 4.69) is 45.0 Å². The van der Waals surface area contributed by atoms with Gasteiger partial charge in [0.25, 0.3) is 0 Å². The molecule has 0 fully saturated rings. The number of fused-ring (bicyclic) bond motifs is 1. The third kappa shape index (κ3) is 4.25. The topological polar surface area (TPSA) is 45.2 Å². The molecule has 0 bridgehead atoms. The Kier molecular flexibility index (Phi) is 5.70. The molecular formula is C16H20BrN3O. The summed E-state index contributed by atoms with van der Waals surface area (Å²) in [5.74, 6) is 0.585. The molecule has 112 valence electrons. The largest absolute Gasteiger partial charge is 0.311 e. The highest BCUT2D eigenvalue weighted by Crippen LogP contribution is 2.24. The molecule has 4 nitrogen and oxygen atoms in total. The predicted molar refractivity (Wildman–Crippen MR) is 90.5 cm³/mol. The number of rotatable bonds is 6. The average molecular weight is 350 g/mol. The van der Waals surface area contributed by atoms with Crippen LogP contribution >= 0.6 is 15.9 Å². The SMILES string of the molecule is CCN(CC)CCC(=O)Nc1cc2ccccc2c(Br)n1. The van der Waals surface area contributed by atoms with Crippen molar-refractivity contribution in [3.8, 4) is 0 Å². The van der Waals surface area contributed by atoms with Gasteiger partial charge in [0.05, 0.1) is 0 Å². The van der Waals surface area contributed by atoms with Gasteiger partial charge < -0.3 is 10.2 Å². The van der Waals surface area contributed by atoms with Crippen LogP contribution in [-0.2, 0) is 4.79 Å². The molecule has 0 spiro atoms. The highest BCUT2D eigenvalue weighted by Gasteiger charge is 2.08. The zero-order valence-corrected chi connectivity index (χ0v) is 14.0. The van der Waals surface area contributed by atoms with E-state index in [-0.39, 0.29) is 5.91 Å². The molecule has 0 aliphatic rings. The lowest BCUT2D eigenvalue weighted by Gasteiger charge is -2.17. The number of carbonyl (C=O) groups is 1. The van der Waals surface area contributed by atoms with Gasteiger partial charge in [-0.15, -0.1) is 0 Å². The summed E-state index contributed by atoms with van der Waals surface area (Å²) in [6.45, 7) is 6.90. The second kappa shape index (κ2) is 7.52. The minimum absolute atomic E-state index is 0.00317. The Hall–Kier alpha value is -1.46. The number of carbonyl (C=O) groups excluding carboxylic acids is 1. The summed E-state index contributed by atoms with van der Waals surface area (Å²) in [7, 11) is 0. The van der Waals surface area contributed by atoms with Crippen LogP contribution in [0.1, 0.15) is 20.3 Å². The fourth-order valence-corrected chi connectivity index (χ4v) is 2.78. The van der Waals surface area contributed by atoms with Gasteiger partial charge in [0.2, 0.25) is 5.91 Å². The lowest BCUT2D eigenvalue weighted by molar-refractivity contribution is -0.116. The quantitative estimate of drug-likeness (QED) is 0.809. The Bertz CT molecular complexity index is 626. The maximum Gasteiger partial charge on any atom is 0.226 e. The first kappa shape index (κ1) is 15.9. The van der Waals surface area contributed by atoms with Gasteiger partial charge in [-0.1, -0.05) is 38.1 Å². The van der Waals surface area contributed by atoms with Gasteiger partial charge >= 0.3 is 0 Å². The first-order valence-electron chi connectivity index (χ1n) is 7.21. The number of benzene rings is 1. The number of aromatic nitrogens is 1. The van der Waals surface area contributed by atoms with E-state index in [0.29, 0.717) is 12.2 Å². The summed E-state index contributed by atoms with van der Waals surface area (Å²) in [5.41, 5.74) is 0. The number of halogens is 1. The van der Waals surface area contributed by atoms with Crippen LogP contribution in [0.5, 0.6) is 0 Å². The summed E-state index contributed by atoms with van der Waals surface area (Å²) in [6.07, 6.45) is 0.480. The first-order valence-corrected chi connectivity index (χ1v) is 8.00. The normalized spacial score (nSPS) is 11.0. The monoisotopic (exact) mass is 349 g/mol. The number of anilines is 1. The van der Waals surface area contributed by atoms with Gasteiger partial charge in [0.15, 0.2) is 0 Å². The molecule has 0 unspecified atom stereocenters. The third-order valence-corrected chi connectivity index (χ3v) is 4.12. The van der Waals surface area contributed by atoms with Crippen molar-refractivity contribution in [3.05, 3.63) is 34.9 Å². The number of pyridine rings is 1. The molecule has 1 aromatic carbocycles. The molecule has 0 saturated heterocycles. The van der Waals surface area contributed by atoms with Gasteiger partial charge in [-0.25, -0.2) is 4.98 Å². The summed E-state index contributed by atoms with van der Waals surface area (Å²) >= 11 is 3.45. The van der Waals surface area contributed by atoms with Crippen molar-refractivity contribution >= 4 is 38.4 Å². The highest BCUT2D eigenvalue weighted by atomic mass is 79.9. The molecular weight excluding hydrogens is 330 g/mol. The molecule has 21 heavy (non-hydrogen) atoms. The van der Waals surface area contributed by atoms with Crippen LogP contribution in [0.15, 0.2) is 34.9 Å². The Morgan fingerprint density at radius 2 is 2.00 bits per heavy atom. The van der Waals surface area contributed by atoms with Crippen molar-refractivity contribution < 1.29 is 4.79 Å². The van der Waals surface area contributed by atoms with Crippen LogP contribution in [0.25, 0.3) is 10.8 Å². The molecule has 1 heterocycles. The van der Waals surface area contributed by atoms with Gasteiger partial charge in [-0.2, -0.15) is 0 Å². The average Bonchev–Trinajstić information content (AvgIpc) is 2.48. The molecule has 1 N–H and O–H groups in total. The summed E-state index contributed by atoms with van der Waals surface area (Å²) < 4.78 is 0.750. The standard InChI is InChI=1S/C16H20BrN3O/c1-3-20(4-2)10-9-15(21)18-14-11-12-7-5-6-8-13(12)16(17)19-14/h5-8,11H,3-4,9-10H2,1-2H3,(H,18,19,21). The van der Waals surface area contributed by atoms with Crippen LogP contribution < -0.4 is 5.32 Å². The summed E-state index contributed by atoms with van der Waals surface area (Å²) in [5, 5.41) is 4.97. The highest BCUT2D eigenvalue weighted by molar-refractivity contribution is 9.10. The number of hydrogen-bond acceptors (Lipinski definition) is 3. The van der Waals surface area contributed by atoms with E-state index in [1.165, 1.54) is 0 Å². The molecule has 0 radical (unpaired) electrons. The first-order chi connectivity index (χ1) is 10.1. The van der Waals surface area contributed by atoms with Crippen molar-refractivity contribution in [2.24, 2.45) is 0 Å². The molecule has 2 aromatic rings. The van der Waals surface area contributed by atoms with E-state index < -0.39 is 0 Å². The van der Waals surface area contributed by atoms with E-state index in [9.17, 15) is 4.79 Å². The van der Waals surface area contributed by atoms with Crippen molar-refractivity contribution in [1.82, 2.24) is 9.88 Å². The lowest BCUT2D eigenvalue weighted by Crippen LogP contribution is -2.27. The lowest BCUT2D eigenvalue weighted by atomic mass is 10.2. The number of amides is 1. The Morgan fingerprint density at radius 3 is 2.71 bits per heavy atom. The molecule has 2 rings (SSSR count). The van der Waals surface area contributed by atoms with Crippen LogP contribution in [0.2, 0.25) is 0 Å². The van der Waals surface area contributed by atoms with Crippen LogP contribution in [0, 0.1) is 0 Å². The third-order valence-electron chi connectivity index (χ3n) is 3.51. The second-order valence-electron chi connectivity index (χ2n) is 4.84. The number of hydrogen-bond donors (Lipinski definition) is 1. The minimum Gasteiger partial charge on any atom is -0.311 e. The predicted octanol–water partition coefficient (Wildman–Crippen LogP) is 3.67. The van der Waals surface area contributed by atoms with Crippen LogP contribution in [-0.4, -0.2) is 35.4 Å². The summed E-state index contributed by atoms with van der Waals surface area (Å²) in [6, 6.07) is 9.85. The van der Waals surface area contributed by atoms with Gasteiger partial charge in [0.1, 0.15) is 10.4 Å². The molecule has 0 atom stereocenters. The van der Waals surface area contributed by atoms with Gasteiger partial charge in [0, 0.05) is 18.4 Å². The molecule has 0 aliphatic carbocycles. The van der Waals surface area contributed by atoms with Crippen molar-refractivity contribution in [2.45, 2.75) is 20.3 Å². The zero-order valence-electron chi connectivity index (χ0n) is 12.4. The van der Waals surface area contributed by atoms with Crippen molar-refractivity contribution in [1.29, 1.82) is 0 Å². The molecule has 1 amide bonds. The van der Waals surface area contributed by atoms with Crippen molar-refractivity contribution in [3.63, 3.8) is 0 Å². The van der Waals surface area contributed by atoms with E-state index in [1.54, 1.807) is 0 Å². The maximum absolute atomic E-state index is 12.0. The van der Waals surface area contributed by atoms with E-state index in [4.69, 9.17) is 0 Å². The van der Waals surface area contributed by atoms with E-state index >= 15 is 0 Å². The molecule has 0 saturated carbocycles. The minimum atomic E-state index is -0.00317. The van der Waals surface area contributed by atoms with Gasteiger partial charge in [-0.3, -0.25) is 4.79 Å². The van der Waals surface area contributed by atoms with Crippen molar-refractivity contribution in [2.75, 3.05) is 25.0 Å². The number of nitrogens with one attached hydrogen (secondary N) is 1. The van der Waals surface area contributed by atoms with Crippen LogP contribution in [0.4, 0.5) is 5.82 Å². The summed E-state index contributed by atoms with van der Waals surface area (Å²) in [4.78, 5) is 18.6. The Balaban J connectivity index is 2.04. The fourth-order valence-electron chi connectivity index (χ4n) is 2.23. The molecule has 1 aromatic heterocycles. The zero-order chi connectivity index (χ0) is 15.2. The molecule has 5 heteroatoms. The Morgan fingerprint density at radius 1 is 1.29 bits per heavy atom. The van der Waals surface area contributed by atoms with E-state index in [1.807, 2.05) is 30.3 Å². The van der Waals surface area contributed by atoms with Gasteiger partial charge in [-0.05, 0) is 40.5 Å². The van der Waals surface area contributed by atoms with E-state index in [0.717, 1.165) is 35.0 Å². The maximum atomic E-state index is 12.0. The number of nitrogens with zero attached hydrogens (tertiary/aromatic N) is 2. The molecule has 0 aliphatic heterocycles. The smallest absolute Gasteiger partial charge is 0.226 e.